The van der Waals surface area contributed by atoms with E-state index in [2.05, 4.69) is 198 Å². The third-order valence-corrected chi connectivity index (χ3v) is 15.1. The standard InChI is InChI=1S/C17H16.2C16H13.C2H8Si.Zr/c1-15(17-13-6-3-7-14-17)9-8-12-16-10-4-2-5-11-16;2*1-12-10-14-8-5-9-15(16(14)11-12)13-6-3-2-4-7-13;1-3-2;/h2-14H,1H3;2*2-11H,1H3;3H2,1-2H3;/b12-8+,15-9-;;;;. The zero-order chi connectivity index (χ0) is 37.0. The molecule has 262 valence electrons. The van der Waals surface area contributed by atoms with Crippen molar-refractivity contribution in [3.05, 3.63) is 214 Å². The molecule has 8 rings (SSSR count). The molecule has 0 amide bonds. The van der Waals surface area contributed by atoms with Gasteiger partial charge in [0.25, 0.3) is 0 Å². The van der Waals surface area contributed by atoms with Crippen molar-refractivity contribution in [3.63, 3.8) is 0 Å². The second-order valence-corrected chi connectivity index (χ2v) is 18.9. The Labute approximate surface area is 332 Å². The summed E-state index contributed by atoms with van der Waals surface area (Å²) < 4.78 is 1.26. The summed E-state index contributed by atoms with van der Waals surface area (Å²) in [5, 5.41) is 0. The summed E-state index contributed by atoms with van der Waals surface area (Å²) >= 11 is -0.835. The average Bonchev–Trinajstić information content (AvgIpc) is 3.71. The van der Waals surface area contributed by atoms with Crippen molar-refractivity contribution in [2.24, 2.45) is 0 Å². The number of fused-ring (bicyclic) bond motifs is 2. The molecule has 2 unspecified atom stereocenters. The Kier molecular flexibility index (Phi) is 13.6. The molecule has 0 aromatic heterocycles. The number of hydrogen-bond acceptors (Lipinski definition) is 0. The van der Waals surface area contributed by atoms with Gasteiger partial charge in [-0.15, -0.1) is 0 Å². The molecule has 0 aliphatic heterocycles. The molecule has 0 bridgehead atoms. The van der Waals surface area contributed by atoms with Crippen LogP contribution in [-0.2, 0) is 23.2 Å². The zero-order valence-electron chi connectivity index (χ0n) is 31.8. The molecule has 0 N–H and O–H groups in total. The van der Waals surface area contributed by atoms with Crippen LogP contribution in [0.2, 0.25) is 13.1 Å². The second kappa shape index (κ2) is 18.9. The van der Waals surface area contributed by atoms with Gasteiger partial charge in [0.1, 0.15) is 0 Å². The van der Waals surface area contributed by atoms with Gasteiger partial charge in [-0.3, -0.25) is 0 Å². The predicted octanol–water partition coefficient (Wildman–Crippen LogP) is 13.8. The average molecular weight is 782 g/mol. The van der Waals surface area contributed by atoms with Crippen LogP contribution in [0.4, 0.5) is 0 Å². The van der Waals surface area contributed by atoms with Gasteiger partial charge in [-0.1, -0.05) is 92.0 Å². The van der Waals surface area contributed by atoms with Gasteiger partial charge in [-0.05, 0) is 23.6 Å². The van der Waals surface area contributed by atoms with E-state index in [1.165, 1.54) is 50.1 Å². The first-order chi connectivity index (χ1) is 26.0. The van der Waals surface area contributed by atoms with E-state index in [9.17, 15) is 0 Å². The SMILES string of the molecule is C/C(=C/C=C/c1ccccc1)c1ccccc1.CC1=Cc2c(-c3ccccc3)cccc2[CH]1[Zr][CH]1C(C)=Cc2c(-c3ccccc3)cccc21.C[SiH2]C. The second-order valence-electron chi connectivity index (χ2n) is 13.9. The van der Waals surface area contributed by atoms with E-state index in [1.807, 2.05) is 24.3 Å². The van der Waals surface area contributed by atoms with E-state index in [4.69, 9.17) is 0 Å². The first kappa shape index (κ1) is 38.1. The largest absolute Gasteiger partial charge is 0.0750 e. The number of rotatable bonds is 7. The fraction of sp³-hybridized carbons (Fsp3) is 0.137. The molecule has 0 fully saturated rings. The van der Waals surface area contributed by atoms with E-state index in [1.54, 1.807) is 22.3 Å². The molecule has 6 aromatic rings. The molecule has 53 heavy (non-hydrogen) atoms. The predicted molar refractivity (Wildman–Crippen MR) is 232 cm³/mol. The molecule has 2 atom stereocenters. The molecule has 6 aromatic carbocycles. The van der Waals surface area contributed by atoms with Crippen molar-refractivity contribution in [1.82, 2.24) is 0 Å². The summed E-state index contributed by atoms with van der Waals surface area (Å²) in [5.41, 5.74) is 18.3. The molecular formula is C51H50SiZr. The Morgan fingerprint density at radius 2 is 0.943 bits per heavy atom. The fourth-order valence-corrected chi connectivity index (χ4v) is 11.8. The molecular weight excluding hydrogens is 732 g/mol. The third-order valence-electron chi connectivity index (χ3n) is 9.72. The van der Waals surface area contributed by atoms with Gasteiger partial charge in [0.05, 0.1) is 0 Å². The van der Waals surface area contributed by atoms with Crippen molar-refractivity contribution in [2.45, 2.75) is 41.1 Å². The Hall–Kier alpha value is -4.62. The van der Waals surface area contributed by atoms with Crippen molar-refractivity contribution < 1.29 is 23.2 Å². The Morgan fingerprint density at radius 3 is 1.40 bits per heavy atom. The number of allylic oxidation sites excluding steroid dienone is 5. The summed E-state index contributed by atoms with van der Waals surface area (Å²) in [4.78, 5) is 0. The topological polar surface area (TPSA) is 0 Å². The first-order valence-electron chi connectivity index (χ1n) is 18.9. The summed E-state index contributed by atoms with van der Waals surface area (Å²) in [6, 6.07) is 56.3. The van der Waals surface area contributed by atoms with Crippen molar-refractivity contribution >= 4 is 33.3 Å². The molecule has 0 spiro atoms. The Bertz CT molecular complexity index is 2100. The normalized spacial score (nSPS) is 15.6. The van der Waals surface area contributed by atoms with Crippen LogP contribution in [0.5, 0.6) is 0 Å². The van der Waals surface area contributed by atoms with Crippen molar-refractivity contribution in [1.29, 1.82) is 0 Å². The minimum absolute atomic E-state index is 0.417. The summed E-state index contributed by atoms with van der Waals surface area (Å²) in [6.07, 6.45) is 11.3. The first-order valence-corrected chi connectivity index (χ1v) is 24.6. The van der Waals surface area contributed by atoms with E-state index in [0.29, 0.717) is 16.8 Å². The van der Waals surface area contributed by atoms with Gasteiger partial charge in [0.2, 0.25) is 0 Å². The summed E-state index contributed by atoms with van der Waals surface area (Å²) in [7, 11) is 0.417. The minimum Gasteiger partial charge on any atom is -0.0750 e. The monoisotopic (exact) mass is 780 g/mol. The Morgan fingerprint density at radius 1 is 0.528 bits per heavy atom. The van der Waals surface area contributed by atoms with Crippen LogP contribution >= 0.6 is 0 Å². The smallest absolute Gasteiger partial charge is 0.0135 e. The van der Waals surface area contributed by atoms with Gasteiger partial charge >= 0.3 is 209 Å². The van der Waals surface area contributed by atoms with Crippen LogP contribution in [0.25, 0.3) is 46.1 Å². The van der Waals surface area contributed by atoms with E-state index in [-0.39, 0.29) is 0 Å². The van der Waals surface area contributed by atoms with Crippen LogP contribution in [0, 0.1) is 0 Å². The van der Waals surface area contributed by atoms with Crippen LogP contribution in [0.3, 0.4) is 0 Å². The maximum absolute atomic E-state index is 2.47. The molecule has 0 saturated carbocycles. The maximum Gasteiger partial charge on any atom is 0.0135 e. The Balaban J connectivity index is 0.000000202. The van der Waals surface area contributed by atoms with Crippen LogP contribution in [-0.4, -0.2) is 9.52 Å². The van der Waals surface area contributed by atoms with Crippen molar-refractivity contribution in [3.8, 4) is 22.3 Å². The minimum atomic E-state index is -0.835. The summed E-state index contributed by atoms with van der Waals surface area (Å²) in [5.74, 6) is 0. The fourth-order valence-electron chi connectivity index (χ4n) is 7.12. The van der Waals surface area contributed by atoms with Crippen LogP contribution in [0.1, 0.15) is 61.4 Å². The van der Waals surface area contributed by atoms with Gasteiger partial charge in [-0.25, -0.2) is 0 Å². The molecule has 2 aliphatic carbocycles. The van der Waals surface area contributed by atoms with Gasteiger partial charge < -0.3 is 0 Å². The molecule has 2 aliphatic rings. The third kappa shape index (κ3) is 9.49. The van der Waals surface area contributed by atoms with Crippen molar-refractivity contribution in [2.75, 3.05) is 0 Å². The molecule has 2 heteroatoms. The van der Waals surface area contributed by atoms with Crippen LogP contribution < -0.4 is 0 Å². The van der Waals surface area contributed by atoms with E-state index in [0.717, 1.165) is 0 Å². The van der Waals surface area contributed by atoms with E-state index >= 15 is 0 Å². The number of benzene rings is 6. The van der Waals surface area contributed by atoms with Crippen LogP contribution in [0.15, 0.2) is 181 Å². The quantitative estimate of drug-likeness (QED) is 0.112. The maximum atomic E-state index is 2.47. The van der Waals surface area contributed by atoms with Gasteiger partial charge in [-0.2, -0.15) is 0 Å². The molecule has 0 radical (unpaired) electrons. The molecule has 0 nitrogen and oxygen atoms in total. The van der Waals surface area contributed by atoms with E-state index < -0.39 is 23.2 Å². The van der Waals surface area contributed by atoms with Gasteiger partial charge in [0.15, 0.2) is 0 Å². The van der Waals surface area contributed by atoms with Gasteiger partial charge in [0, 0.05) is 9.52 Å². The molecule has 0 saturated heterocycles. The zero-order valence-corrected chi connectivity index (χ0v) is 35.6. The summed E-state index contributed by atoms with van der Waals surface area (Å²) in [6.45, 7) is 11.4. The molecule has 0 heterocycles. The number of hydrogen-bond donors (Lipinski definition) is 0.